The van der Waals surface area contributed by atoms with Crippen LogP contribution >= 0.6 is 23.2 Å². The number of carboxylic acids is 1. The van der Waals surface area contributed by atoms with Gasteiger partial charge in [0.2, 0.25) is 0 Å². The van der Waals surface area contributed by atoms with Crippen molar-refractivity contribution in [3.8, 4) is 5.75 Å². The van der Waals surface area contributed by atoms with E-state index in [1.54, 1.807) is 30.3 Å². The summed E-state index contributed by atoms with van der Waals surface area (Å²) in [5.74, 6) is -2.01. The number of carboxylic acid groups (broad SMARTS) is 1. The van der Waals surface area contributed by atoms with Crippen LogP contribution in [0, 0.1) is 0 Å². The number of urea groups is 1. The van der Waals surface area contributed by atoms with Crippen LogP contribution < -0.4 is 26.0 Å². The molecule has 202 valence electrons. The third-order valence-corrected chi connectivity index (χ3v) is 6.72. The van der Waals surface area contributed by atoms with E-state index < -0.39 is 36.6 Å². The molecule has 0 fully saturated rings. The fourth-order valence-corrected chi connectivity index (χ4v) is 4.72. The Hall–Kier alpha value is -4.28. The van der Waals surface area contributed by atoms with E-state index in [1.165, 1.54) is 12.1 Å². The fraction of sp³-hybridized carbons (Fsp3) is 0.185. The molecule has 12 heteroatoms. The van der Waals surface area contributed by atoms with Crippen molar-refractivity contribution in [3.05, 3.63) is 93.5 Å². The lowest BCUT2D eigenvalue weighted by Crippen LogP contribution is -2.50. The topological polar surface area (TPSA) is 146 Å². The second-order valence-electron chi connectivity index (χ2n) is 8.62. The minimum Gasteiger partial charge on any atom is -0.480 e. The highest BCUT2D eigenvalue weighted by Gasteiger charge is 2.27. The highest BCUT2D eigenvalue weighted by atomic mass is 35.5. The van der Waals surface area contributed by atoms with Crippen LogP contribution in [0.2, 0.25) is 10.0 Å². The number of benzene rings is 3. The van der Waals surface area contributed by atoms with Gasteiger partial charge in [-0.25, -0.2) is 14.4 Å². The molecule has 0 saturated carbocycles. The molecule has 3 aromatic rings. The molecule has 10 nitrogen and oxygen atoms in total. The van der Waals surface area contributed by atoms with Crippen molar-refractivity contribution >= 4 is 52.9 Å². The van der Waals surface area contributed by atoms with Crippen molar-refractivity contribution in [2.45, 2.75) is 24.9 Å². The van der Waals surface area contributed by atoms with Gasteiger partial charge in [-0.1, -0.05) is 65.7 Å². The Morgan fingerprint density at radius 2 is 1.69 bits per heavy atom. The highest BCUT2D eigenvalue weighted by Crippen LogP contribution is 2.32. The van der Waals surface area contributed by atoms with Crippen LogP contribution in [0.4, 0.5) is 15.3 Å². The monoisotopic (exact) mass is 570 g/mol. The number of hydrogen-bond donors (Lipinski definition) is 5. The maximum atomic E-state index is 13.0. The lowest BCUT2D eigenvalue weighted by atomic mass is 10.1. The summed E-state index contributed by atoms with van der Waals surface area (Å²) >= 11 is 12.5. The molecule has 0 aromatic heterocycles. The van der Waals surface area contributed by atoms with Crippen LogP contribution in [0.3, 0.4) is 0 Å². The summed E-state index contributed by atoms with van der Waals surface area (Å²) in [5, 5.41) is 19.4. The van der Waals surface area contributed by atoms with E-state index >= 15 is 0 Å². The van der Waals surface area contributed by atoms with Gasteiger partial charge in [0.25, 0.3) is 5.91 Å². The van der Waals surface area contributed by atoms with Crippen LogP contribution in [0.1, 0.15) is 33.9 Å². The first-order chi connectivity index (χ1) is 18.7. The van der Waals surface area contributed by atoms with Crippen molar-refractivity contribution in [1.82, 2.24) is 16.0 Å². The molecule has 0 unspecified atom stereocenters. The van der Waals surface area contributed by atoms with Gasteiger partial charge < -0.3 is 25.8 Å². The van der Waals surface area contributed by atoms with E-state index in [0.29, 0.717) is 0 Å². The van der Waals surface area contributed by atoms with Gasteiger partial charge in [-0.15, -0.1) is 0 Å². The number of rotatable bonds is 8. The molecule has 0 spiro atoms. The zero-order valence-corrected chi connectivity index (χ0v) is 21.9. The first-order valence-corrected chi connectivity index (χ1v) is 12.7. The van der Waals surface area contributed by atoms with Gasteiger partial charge in [-0.3, -0.25) is 10.1 Å². The maximum absolute atomic E-state index is 13.0. The molecule has 4 amide bonds. The Balaban J connectivity index is 1.37. The number of ether oxygens (including phenoxy) is 1. The number of carbonyl (C=O) groups is 4. The molecule has 3 aromatic carbocycles. The molecule has 0 saturated heterocycles. The lowest BCUT2D eigenvalue weighted by molar-refractivity contribution is -0.139. The van der Waals surface area contributed by atoms with Gasteiger partial charge in [0, 0.05) is 0 Å². The molecule has 0 bridgehead atoms. The van der Waals surface area contributed by atoms with E-state index in [9.17, 15) is 24.3 Å². The molecule has 4 rings (SSSR count). The summed E-state index contributed by atoms with van der Waals surface area (Å²) in [6.45, 7) is -0.405. The van der Waals surface area contributed by atoms with Crippen molar-refractivity contribution in [2.24, 2.45) is 0 Å². The van der Waals surface area contributed by atoms with Crippen LogP contribution in [-0.2, 0) is 11.2 Å². The standard InChI is InChI=1S/C27H24Cl2N4O6/c28-18-11-13-20(33-27(38)39-16-7-2-1-3-8-16)23(29)22(18)24(34)31-21(25(35)36)14-30-26(37)32-19-12-10-15-6-4-5-9-17(15)19/h1-9,11,13,19,21H,10,12,14H2,(H,31,34)(H,33,38)(H,35,36)(H2,30,32,37)/t19-,21+/m1/s1. The predicted molar refractivity (Wildman–Crippen MR) is 145 cm³/mol. The molecular weight excluding hydrogens is 547 g/mol. The third kappa shape index (κ3) is 6.98. The Morgan fingerprint density at radius 1 is 0.974 bits per heavy atom. The summed E-state index contributed by atoms with van der Waals surface area (Å²) < 4.78 is 5.16. The minimum absolute atomic E-state index is 0.0216. The van der Waals surface area contributed by atoms with Crippen molar-refractivity contribution in [1.29, 1.82) is 0 Å². The molecule has 5 N–H and O–H groups in total. The number of amides is 4. The van der Waals surface area contributed by atoms with E-state index in [4.69, 9.17) is 27.9 Å². The largest absolute Gasteiger partial charge is 0.480 e. The number of carbonyl (C=O) groups excluding carboxylic acids is 3. The number of fused-ring (bicyclic) bond motifs is 1. The number of aryl methyl sites for hydroxylation is 1. The van der Waals surface area contributed by atoms with Crippen LogP contribution in [0.25, 0.3) is 0 Å². The van der Waals surface area contributed by atoms with Gasteiger partial charge in [0.05, 0.1) is 33.9 Å². The molecular formula is C27H24Cl2N4O6. The average Bonchev–Trinajstić information content (AvgIpc) is 3.31. The van der Waals surface area contributed by atoms with Gasteiger partial charge >= 0.3 is 18.1 Å². The first-order valence-electron chi connectivity index (χ1n) is 11.9. The van der Waals surface area contributed by atoms with Crippen molar-refractivity contribution in [3.63, 3.8) is 0 Å². The molecule has 1 aliphatic carbocycles. The summed E-state index contributed by atoms with van der Waals surface area (Å²) in [4.78, 5) is 49.5. The maximum Gasteiger partial charge on any atom is 0.417 e. The van der Waals surface area contributed by atoms with Crippen LogP contribution in [0.5, 0.6) is 5.75 Å². The van der Waals surface area contributed by atoms with Crippen molar-refractivity contribution < 1.29 is 29.0 Å². The average molecular weight is 571 g/mol. The molecule has 0 heterocycles. The van der Waals surface area contributed by atoms with Gasteiger partial charge in [-0.2, -0.15) is 0 Å². The van der Waals surface area contributed by atoms with E-state index in [-0.39, 0.29) is 33.1 Å². The summed E-state index contributed by atoms with van der Waals surface area (Å²) in [5.41, 5.74) is 1.93. The lowest BCUT2D eigenvalue weighted by Gasteiger charge is -2.19. The molecule has 2 atom stereocenters. The SMILES string of the molecule is O=C(NC[C@H](NC(=O)c1c(Cl)ccc(NC(=O)Oc2ccccc2)c1Cl)C(=O)O)N[C@@H]1CCc2ccccc21. The molecule has 1 aliphatic rings. The highest BCUT2D eigenvalue weighted by molar-refractivity contribution is 6.41. The smallest absolute Gasteiger partial charge is 0.417 e. The Labute approximate surface area is 233 Å². The molecule has 0 aliphatic heterocycles. The minimum atomic E-state index is -1.49. The van der Waals surface area contributed by atoms with E-state index in [1.807, 2.05) is 24.3 Å². The molecule has 0 radical (unpaired) electrons. The number of aliphatic carboxylic acids is 1. The number of para-hydroxylation sites is 1. The van der Waals surface area contributed by atoms with Gasteiger partial charge in [0.1, 0.15) is 11.8 Å². The Bertz CT molecular complexity index is 1400. The molecule has 39 heavy (non-hydrogen) atoms. The van der Waals surface area contributed by atoms with Crippen molar-refractivity contribution in [2.75, 3.05) is 11.9 Å². The first kappa shape index (κ1) is 27.7. The van der Waals surface area contributed by atoms with Gasteiger partial charge in [-0.05, 0) is 48.2 Å². The number of anilines is 1. The van der Waals surface area contributed by atoms with Crippen LogP contribution in [-0.4, -0.2) is 41.7 Å². The zero-order valence-electron chi connectivity index (χ0n) is 20.4. The quantitative estimate of drug-likeness (QED) is 0.263. The van der Waals surface area contributed by atoms with E-state index in [2.05, 4.69) is 21.3 Å². The van der Waals surface area contributed by atoms with E-state index in [0.717, 1.165) is 24.0 Å². The fourth-order valence-electron chi connectivity index (χ4n) is 4.13. The number of nitrogens with one attached hydrogen (secondary N) is 4. The summed E-state index contributed by atoms with van der Waals surface area (Å²) in [6.07, 6.45) is 0.695. The van der Waals surface area contributed by atoms with Crippen LogP contribution in [0.15, 0.2) is 66.7 Å². The normalized spacial score (nSPS) is 14.5. The Morgan fingerprint density at radius 3 is 2.44 bits per heavy atom. The summed E-state index contributed by atoms with van der Waals surface area (Å²) in [6, 6.07) is 16.5. The summed E-state index contributed by atoms with van der Waals surface area (Å²) in [7, 11) is 0. The number of hydrogen-bond acceptors (Lipinski definition) is 5. The zero-order chi connectivity index (χ0) is 27.9. The van der Waals surface area contributed by atoms with Gasteiger partial charge in [0.15, 0.2) is 0 Å². The Kier molecular flexibility index (Phi) is 8.90. The second kappa shape index (κ2) is 12.5. The third-order valence-electron chi connectivity index (χ3n) is 6.02. The number of halogens is 2. The second-order valence-corrected chi connectivity index (χ2v) is 9.41. The predicted octanol–water partition coefficient (Wildman–Crippen LogP) is 4.77.